The summed E-state index contributed by atoms with van der Waals surface area (Å²) in [7, 11) is 0. The Morgan fingerprint density at radius 2 is 1.64 bits per heavy atom. The molecule has 1 aliphatic heterocycles. The summed E-state index contributed by atoms with van der Waals surface area (Å²) in [5.74, 6) is 1.55. The zero-order chi connectivity index (χ0) is 24.8. The number of aryl methyl sites for hydroxylation is 2. The smallest absolute Gasteiger partial charge is 0.253 e. The predicted molar refractivity (Wildman–Crippen MR) is 143 cm³/mol. The molecule has 0 unspecified atom stereocenters. The van der Waals surface area contributed by atoms with E-state index >= 15 is 0 Å². The molecule has 3 aromatic carbocycles. The van der Waals surface area contributed by atoms with E-state index in [0.29, 0.717) is 31.2 Å². The molecule has 180 valence electrons. The second-order valence-electron chi connectivity index (χ2n) is 9.27. The third kappa shape index (κ3) is 3.95. The molecule has 0 aliphatic carbocycles. The van der Waals surface area contributed by atoms with E-state index < -0.39 is 0 Å². The van der Waals surface area contributed by atoms with Gasteiger partial charge in [0.25, 0.3) is 5.91 Å². The minimum Gasteiger partial charge on any atom is -0.338 e. The van der Waals surface area contributed by atoms with Crippen molar-refractivity contribution >= 4 is 40.0 Å². The van der Waals surface area contributed by atoms with Gasteiger partial charge in [0.05, 0.1) is 5.52 Å². The zero-order valence-corrected chi connectivity index (χ0v) is 20.9. The Kier molecular flexibility index (Phi) is 5.57. The maximum Gasteiger partial charge on any atom is 0.253 e. The highest BCUT2D eigenvalue weighted by Crippen LogP contribution is 2.30. The predicted octanol–water partition coefficient (Wildman–Crippen LogP) is 5.18. The first-order valence-electron chi connectivity index (χ1n) is 12.0. The Labute approximate surface area is 214 Å². The highest BCUT2D eigenvalue weighted by Gasteiger charge is 2.26. The summed E-state index contributed by atoms with van der Waals surface area (Å²) in [5.41, 5.74) is 5.46. The van der Waals surface area contributed by atoms with Gasteiger partial charge in [0.2, 0.25) is 5.95 Å². The topological polar surface area (TPSA) is 66.6 Å². The number of benzene rings is 3. The molecule has 8 heteroatoms. The Morgan fingerprint density at radius 3 is 2.39 bits per heavy atom. The molecule has 3 heterocycles. The molecule has 0 saturated carbocycles. The van der Waals surface area contributed by atoms with Crippen LogP contribution < -0.4 is 4.90 Å². The molecular formula is C28H25ClN6O. The SMILES string of the molecule is Cc1ccc(-c2nnc3c4ccc(Cl)cc4nc(N4CCN(C(=O)c5cccc(C)c5)CC4)n23)cc1. The molecule has 7 nitrogen and oxygen atoms in total. The first-order valence-corrected chi connectivity index (χ1v) is 12.4. The highest BCUT2D eigenvalue weighted by atomic mass is 35.5. The maximum atomic E-state index is 13.1. The zero-order valence-electron chi connectivity index (χ0n) is 20.1. The van der Waals surface area contributed by atoms with E-state index in [1.54, 1.807) is 0 Å². The maximum absolute atomic E-state index is 13.1. The second kappa shape index (κ2) is 8.91. The number of piperazine rings is 1. The Hall–Kier alpha value is -3.97. The van der Waals surface area contributed by atoms with Gasteiger partial charge in [-0.05, 0) is 44.2 Å². The minimum absolute atomic E-state index is 0.0615. The Morgan fingerprint density at radius 1 is 0.861 bits per heavy atom. The number of hydrogen-bond acceptors (Lipinski definition) is 5. The van der Waals surface area contributed by atoms with Crippen molar-refractivity contribution in [3.63, 3.8) is 0 Å². The minimum atomic E-state index is 0.0615. The van der Waals surface area contributed by atoms with Crippen LogP contribution in [0, 0.1) is 13.8 Å². The molecular weight excluding hydrogens is 472 g/mol. The average Bonchev–Trinajstić information content (AvgIpc) is 3.33. The number of amides is 1. The van der Waals surface area contributed by atoms with Gasteiger partial charge in [0, 0.05) is 47.7 Å². The molecule has 0 bridgehead atoms. The fourth-order valence-corrected chi connectivity index (χ4v) is 4.93. The molecule has 0 spiro atoms. The van der Waals surface area contributed by atoms with Crippen molar-refractivity contribution in [1.29, 1.82) is 0 Å². The van der Waals surface area contributed by atoms with Crippen LogP contribution >= 0.6 is 11.6 Å². The van der Waals surface area contributed by atoms with Crippen LogP contribution in [0.15, 0.2) is 66.7 Å². The number of halogens is 1. The highest BCUT2D eigenvalue weighted by molar-refractivity contribution is 6.31. The lowest BCUT2D eigenvalue weighted by molar-refractivity contribution is 0.0746. The summed E-state index contributed by atoms with van der Waals surface area (Å²) in [4.78, 5) is 22.2. The fraction of sp³-hybridized carbons (Fsp3) is 0.214. The van der Waals surface area contributed by atoms with E-state index in [1.807, 2.05) is 58.7 Å². The van der Waals surface area contributed by atoms with Crippen molar-refractivity contribution in [2.45, 2.75) is 13.8 Å². The fourth-order valence-electron chi connectivity index (χ4n) is 4.76. The van der Waals surface area contributed by atoms with Crippen LogP contribution in [-0.2, 0) is 0 Å². The summed E-state index contributed by atoms with van der Waals surface area (Å²) >= 11 is 6.31. The van der Waals surface area contributed by atoms with Gasteiger partial charge in [0.1, 0.15) is 0 Å². The van der Waals surface area contributed by atoms with Crippen LogP contribution in [0.3, 0.4) is 0 Å². The second-order valence-corrected chi connectivity index (χ2v) is 9.71. The Bertz CT molecular complexity index is 1600. The monoisotopic (exact) mass is 496 g/mol. The van der Waals surface area contributed by atoms with Crippen LogP contribution in [0.5, 0.6) is 0 Å². The number of anilines is 1. The number of rotatable bonds is 3. The quantitative estimate of drug-likeness (QED) is 0.344. The van der Waals surface area contributed by atoms with Gasteiger partial charge in [-0.1, -0.05) is 59.1 Å². The summed E-state index contributed by atoms with van der Waals surface area (Å²) in [6, 6.07) is 21.7. The molecule has 1 fully saturated rings. The number of nitrogens with zero attached hydrogens (tertiary/aromatic N) is 6. The van der Waals surface area contributed by atoms with Crippen molar-refractivity contribution < 1.29 is 4.79 Å². The van der Waals surface area contributed by atoms with Crippen LogP contribution in [0.2, 0.25) is 5.02 Å². The standard InChI is InChI=1S/C28H25ClN6O/c1-18-6-8-20(9-7-18)25-31-32-26-23-11-10-22(29)17-24(23)30-28(35(25)26)34-14-12-33(13-15-34)27(36)21-5-3-4-19(2)16-21/h3-11,16-17H,12-15H2,1-2H3. The Balaban J connectivity index is 1.39. The summed E-state index contributed by atoms with van der Waals surface area (Å²) < 4.78 is 2.03. The number of hydrogen-bond donors (Lipinski definition) is 0. The van der Waals surface area contributed by atoms with E-state index in [0.717, 1.165) is 45.0 Å². The molecule has 0 atom stereocenters. The summed E-state index contributed by atoms with van der Waals surface area (Å²) in [6.45, 7) is 6.57. The lowest BCUT2D eigenvalue weighted by atomic mass is 10.1. The van der Waals surface area contributed by atoms with Gasteiger partial charge in [0.15, 0.2) is 11.5 Å². The van der Waals surface area contributed by atoms with E-state index in [2.05, 4.69) is 46.3 Å². The molecule has 1 saturated heterocycles. The van der Waals surface area contributed by atoms with Crippen molar-refractivity contribution in [1.82, 2.24) is 24.5 Å². The van der Waals surface area contributed by atoms with E-state index in [1.165, 1.54) is 5.56 Å². The average molecular weight is 497 g/mol. The molecule has 0 N–H and O–H groups in total. The van der Waals surface area contributed by atoms with Crippen LogP contribution in [0.25, 0.3) is 27.9 Å². The number of carbonyl (C=O) groups is 1. The van der Waals surface area contributed by atoms with Crippen LogP contribution in [-0.4, -0.2) is 56.6 Å². The van der Waals surface area contributed by atoms with Crippen molar-refractivity contribution in [3.05, 3.63) is 88.4 Å². The van der Waals surface area contributed by atoms with Gasteiger partial charge in [-0.15, -0.1) is 10.2 Å². The first kappa shape index (κ1) is 22.5. The van der Waals surface area contributed by atoms with Crippen molar-refractivity contribution in [2.75, 3.05) is 31.1 Å². The molecule has 6 rings (SSSR count). The molecule has 5 aromatic rings. The van der Waals surface area contributed by atoms with Gasteiger partial charge in [-0.25, -0.2) is 9.38 Å². The third-order valence-corrected chi connectivity index (χ3v) is 6.94. The van der Waals surface area contributed by atoms with Gasteiger partial charge < -0.3 is 9.80 Å². The van der Waals surface area contributed by atoms with Crippen LogP contribution in [0.1, 0.15) is 21.5 Å². The summed E-state index contributed by atoms with van der Waals surface area (Å²) in [6.07, 6.45) is 0. The first-order chi connectivity index (χ1) is 17.5. The van der Waals surface area contributed by atoms with E-state index in [4.69, 9.17) is 16.6 Å². The van der Waals surface area contributed by atoms with Gasteiger partial charge in [-0.3, -0.25) is 4.79 Å². The number of aromatic nitrogens is 4. The molecule has 0 radical (unpaired) electrons. The lowest BCUT2D eigenvalue weighted by Crippen LogP contribution is -2.49. The van der Waals surface area contributed by atoms with Crippen LogP contribution in [0.4, 0.5) is 5.95 Å². The van der Waals surface area contributed by atoms with Gasteiger partial charge >= 0.3 is 0 Å². The normalized spacial score (nSPS) is 14.1. The number of fused-ring (bicyclic) bond motifs is 3. The molecule has 1 aliphatic rings. The third-order valence-electron chi connectivity index (χ3n) is 6.71. The van der Waals surface area contributed by atoms with E-state index in [9.17, 15) is 4.79 Å². The largest absolute Gasteiger partial charge is 0.338 e. The molecule has 2 aromatic heterocycles. The van der Waals surface area contributed by atoms with E-state index in [-0.39, 0.29) is 5.91 Å². The van der Waals surface area contributed by atoms with Gasteiger partial charge in [-0.2, -0.15) is 0 Å². The summed E-state index contributed by atoms with van der Waals surface area (Å²) in [5, 5.41) is 10.6. The van der Waals surface area contributed by atoms with Crippen molar-refractivity contribution in [2.24, 2.45) is 0 Å². The molecule has 36 heavy (non-hydrogen) atoms. The number of carbonyl (C=O) groups excluding carboxylic acids is 1. The van der Waals surface area contributed by atoms with Crippen molar-refractivity contribution in [3.8, 4) is 11.4 Å². The molecule has 1 amide bonds. The lowest BCUT2D eigenvalue weighted by Gasteiger charge is -2.35.